The predicted molar refractivity (Wildman–Crippen MR) is 169 cm³/mol. The van der Waals surface area contributed by atoms with Gasteiger partial charge in [-0.25, -0.2) is 0 Å². The van der Waals surface area contributed by atoms with Gasteiger partial charge in [0.1, 0.15) is 30.2 Å². The molecule has 1 aliphatic heterocycles. The van der Waals surface area contributed by atoms with E-state index in [2.05, 4.69) is 47.6 Å². The molecule has 14 atom stereocenters. The first-order valence-electron chi connectivity index (χ1n) is 17.4. The molecule has 5 aliphatic rings. The Kier molecular flexibility index (Phi) is 9.36. The molecule has 45 heavy (non-hydrogen) atoms. The average Bonchev–Trinajstić information content (AvgIpc) is 3.24. The fraction of sp³-hybridized carbons (Fsp3) is 0.917. The molecule has 9 nitrogen and oxygen atoms in total. The monoisotopic (exact) mass is 636 g/mol. The van der Waals surface area contributed by atoms with Gasteiger partial charge in [-0.15, -0.1) is 0 Å². The normalized spacial score (nSPS) is 47.7. The summed E-state index contributed by atoms with van der Waals surface area (Å²) in [7, 11) is 0. The van der Waals surface area contributed by atoms with Gasteiger partial charge in [-0.2, -0.15) is 0 Å². The molecule has 4 fully saturated rings. The van der Waals surface area contributed by atoms with Crippen molar-refractivity contribution < 1.29 is 44.9 Å². The number of fused-ring (bicyclic) bond motifs is 5. The number of carbonyl (C=O) groups is 1. The molecule has 0 spiro atoms. The summed E-state index contributed by atoms with van der Waals surface area (Å²) in [6.45, 7) is 16.4. The lowest BCUT2D eigenvalue weighted by Gasteiger charge is -2.64. The van der Waals surface area contributed by atoms with Gasteiger partial charge in [0, 0.05) is 17.3 Å². The van der Waals surface area contributed by atoms with Crippen molar-refractivity contribution in [3.05, 3.63) is 11.6 Å². The Balaban J connectivity index is 1.28. The van der Waals surface area contributed by atoms with Crippen LogP contribution in [-0.4, -0.2) is 91.5 Å². The summed E-state index contributed by atoms with van der Waals surface area (Å²) in [6.07, 6.45) is 0.461. The largest absolute Gasteiger partial charge is 0.394 e. The second kappa shape index (κ2) is 11.9. The molecule has 0 aromatic heterocycles. The third kappa shape index (κ3) is 5.31. The van der Waals surface area contributed by atoms with Crippen LogP contribution in [0.15, 0.2) is 11.6 Å². The zero-order valence-electron chi connectivity index (χ0n) is 28.7. The number of carbonyl (C=O) groups excluding carboxylic acids is 1. The van der Waals surface area contributed by atoms with Gasteiger partial charge in [-0.1, -0.05) is 53.2 Å². The molecule has 1 saturated heterocycles. The Morgan fingerprint density at radius 1 is 0.978 bits per heavy atom. The Hall–Kier alpha value is -0.910. The van der Waals surface area contributed by atoms with E-state index in [0.717, 1.165) is 38.5 Å². The van der Waals surface area contributed by atoms with Gasteiger partial charge in [0.05, 0.1) is 24.4 Å². The van der Waals surface area contributed by atoms with Crippen molar-refractivity contribution in [3.63, 3.8) is 0 Å². The third-order valence-corrected chi connectivity index (χ3v) is 14.4. The van der Waals surface area contributed by atoms with Gasteiger partial charge in [0.15, 0.2) is 6.29 Å². The van der Waals surface area contributed by atoms with Gasteiger partial charge < -0.3 is 40.1 Å². The number of aliphatic hydroxyl groups is 6. The Morgan fingerprint density at radius 2 is 1.64 bits per heavy atom. The predicted octanol–water partition coefficient (Wildman–Crippen LogP) is 3.50. The van der Waals surface area contributed by atoms with Gasteiger partial charge in [0.25, 0.3) is 0 Å². The van der Waals surface area contributed by atoms with Crippen LogP contribution in [0.3, 0.4) is 0 Å². The van der Waals surface area contributed by atoms with Crippen LogP contribution >= 0.6 is 0 Å². The number of ether oxygens (including phenoxy) is 2. The minimum Gasteiger partial charge on any atom is -0.394 e. The SMILES string of the molecule is C[C@H](CC[C@@H](O)C(C)(C)O[C@H]1O[C@@H](CO)[C@H](O)[C@@H](O)[C@@H]1O)[C@H]1CC[C@@]2(C)[C@@H]3CC=C4[C@@H](CC[C@H](O)C4(C)C)[C@]3(C)C(=O)C[C@]12C. The highest BCUT2D eigenvalue weighted by molar-refractivity contribution is 5.88. The van der Waals surface area contributed by atoms with Crippen molar-refractivity contribution in [1.82, 2.24) is 0 Å². The number of hydrogen-bond acceptors (Lipinski definition) is 9. The van der Waals surface area contributed by atoms with Crippen molar-refractivity contribution in [2.24, 2.45) is 45.3 Å². The molecule has 0 radical (unpaired) electrons. The van der Waals surface area contributed by atoms with Gasteiger partial charge in [-0.05, 0) is 93.3 Å². The van der Waals surface area contributed by atoms with Crippen molar-refractivity contribution in [2.75, 3.05) is 6.61 Å². The van der Waals surface area contributed by atoms with Gasteiger partial charge >= 0.3 is 0 Å². The molecule has 0 bridgehead atoms. The molecule has 0 aromatic carbocycles. The number of ketones is 1. The van der Waals surface area contributed by atoms with E-state index >= 15 is 0 Å². The van der Waals surface area contributed by atoms with E-state index in [1.807, 2.05) is 0 Å². The van der Waals surface area contributed by atoms with E-state index in [9.17, 15) is 35.4 Å². The first kappa shape index (κ1) is 35.4. The molecular weight excluding hydrogens is 576 g/mol. The number of aliphatic hydroxyl groups excluding tert-OH is 6. The maximum absolute atomic E-state index is 14.4. The van der Waals surface area contributed by atoms with Crippen LogP contribution in [0.4, 0.5) is 0 Å². The minimum atomic E-state index is -1.55. The highest BCUT2D eigenvalue weighted by atomic mass is 16.7. The van der Waals surface area contributed by atoms with Gasteiger partial charge in [0.2, 0.25) is 0 Å². The zero-order valence-corrected chi connectivity index (χ0v) is 28.7. The minimum absolute atomic E-state index is 0.000921. The third-order valence-electron chi connectivity index (χ3n) is 14.4. The van der Waals surface area contributed by atoms with E-state index in [4.69, 9.17) is 9.47 Å². The maximum atomic E-state index is 14.4. The summed E-state index contributed by atoms with van der Waals surface area (Å²) in [5.74, 6) is 1.40. The van der Waals surface area contributed by atoms with Crippen LogP contribution in [0.5, 0.6) is 0 Å². The Bertz CT molecular complexity index is 1150. The van der Waals surface area contributed by atoms with Crippen molar-refractivity contribution in [1.29, 1.82) is 0 Å². The lowest BCUT2D eigenvalue weighted by Crippen LogP contribution is -2.63. The lowest BCUT2D eigenvalue weighted by molar-refractivity contribution is -0.331. The standard InChI is InChI=1S/C36H60O9/c1-19(9-13-26(39)33(4,5)45-31-30(43)29(42)28(41)23(18-37)44-31)20-15-16-34(6)24-12-10-21-22(11-14-25(38)32(21,2)3)36(24,8)27(40)17-35(20,34)7/h10,19-20,22-26,28-31,37-39,41-43H,9,11-18H2,1-8H3/t19-,20-,22-,23+,24+,25+,26-,28+,29-,30+,31-,34+,35-,36+/m1/s1. The molecule has 3 saturated carbocycles. The van der Waals surface area contributed by atoms with Crippen molar-refractivity contribution in [3.8, 4) is 0 Å². The van der Waals surface area contributed by atoms with Crippen LogP contribution in [0.1, 0.15) is 107 Å². The number of hydrogen-bond donors (Lipinski definition) is 6. The average molecular weight is 637 g/mol. The number of rotatable bonds is 8. The quantitative estimate of drug-likeness (QED) is 0.220. The van der Waals surface area contributed by atoms with Crippen LogP contribution in [0.25, 0.3) is 0 Å². The molecular formula is C36H60O9. The Morgan fingerprint density at radius 3 is 2.29 bits per heavy atom. The Labute approximate surface area is 269 Å². The van der Waals surface area contributed by atoms with Crippen LogP contribution in [0, 0.1) is 45.3 Å². The zero-order chi connectivity index (χ0) is 33.5. The molecule has 5 rings (SSSR count). The van der Waals surface area contributed by atoms with Crippen LogP contribution in [-0.2, 0) is 14.3 Å². The summed E-state index contributed by atoms with van der Waals surface area (Å²) < 4.78 is 11.5. The van der Waals surface area contributed by atoms with E-state index in [1.165, 1.54) is 5.57 Å². The number of Topliss-reactive ketones (excluding diaryl/α,β-unsaturated/α-hetero) is 1. The highest BCUT2D eigenvalue weighted by Gasteiger charge is 2.70. The van der Waals surface area contributed by atoms with Gasteiger partial charge in [-0.3, -0.25) is 4.79 Å². The molecule has 6 N–H and O–H groups in total. The second-order valence-electron chi connectivity index (χ2n) is 17.2. The fourth-order valence-electron chi connectivity index (χ4n) is 10.9. The molecule has 0 amide bonds. The molecule has 258 valence electrons. The number of allylic oxidation sites excluding steroid dienone is 1. The van der Waals surface area contributed by atoms with Crippen LogP contribution < -0.4 is 0 Å². The van der Waals surface area contributed by atoms with Crippen molar-refractivity contribution in [2.45, 2.75) is 155 Å². The summed E-state index contributed by atoms with van der Waals surface area (Å²) in [6, 6.07) is 0. The summed E-state index contributed by atoms with van der Waals surface area (Å²) in [4.78, 5) is 14.4. The molecule has 1 heterocycles. The smallest absolute Gasteiger partial charge is 0.187 e. The first-order valence-corrected chi connectivity index (χ1v) is 17.4. The molecule has 4 aliphatic carbocycles. The lowest BCUT2D eigenvalue weighted by atomic mass is 9.38. The molecule has 9 heteroatoms. The summed E-state index contributed by atoms with van der Waals surface area (Å²) in [5.41, 5.74) is -0.747. The van der Waals surface area contributed by atoms with E-state index in [-0.39, 0.29) is 40.1 Å². The van der Waals surface area contributed by atoms with Crippen LogP contribution in [0.2, 0.25) is 0 Å². The first-order chi connectivity index (χ1) is 20.8. The fourth-order valence-corrected chi connectivity index (χ4v) is 10.9. The summed E-state index contributed by atoms with van der Waals surface area (Å²) in [5, 5.41) is 62.3. The maximum Gasteiger partial charge on any atom is 0.187 e. The second-order valence-corrected chi connectivity index (χ2v) is 17.2. The highest BCUT2D eigenvalue weighted by Crippen LogP contribution is 2.74. The molecule has 0 aromatic rings. The van der Waals surface area contributed by atoms with E-state index in [1.54, 1.807) is 13.8 Å². The summed E-state index contributed by atoms with van der Waals surface area (Å²) >= 11 is 0. The van der Waals surface area contributed by atoms with E-state index < -0.39 is 54.4 Å². The molecule has 0 unspecified atom stereocenters. The van der Waals surface area contributed by atoms with Crippen molar-refractivity contribution >= 4 is 5.78 Å². The van der Waals surface area contributed by atoms with E-state index in [0.29, 0.717) is 24.5 Å². The topological polar surface area (TPSA) is 157 Å².